The Morgan fingerprint density at radius 1 is 1.35 bits per heavy atom. The summed E-state index contributed by atoms with van der Waals surface area (Å²) in [4.78, 5) is 0. The molecule has 1 aliphatic carbocycles. The van der Waals surface area contributed by atoms with Crippen molar-refractivity contribution in [2.75, 3.05) is 0 Å². The smallest absolute Gasteiger partial charge is 0.0761 e. The van der Waals surface area contributed by atoms with Gasteiger partial charge in [-0.3, -0.25) is 0 Å². The lowest BCUT2D eigenvalue weighted by Crippen LogP contribution is -2.32. The maximum atomic E-state index is 10.3. The first-order chi connectivity index (χ1) is 8.11. The second-order valence-electron chi connectivity index (χ2n) is 5.03. The third kappa shape index (κ3) is 2.65. The molecule has 0 aliphatic heterocycles. The van der Waals surface area contributed by atoms with Gasteiger partial charge in [0.1, 0.15) is 0 Å². The van der Waals surface area contributed by atoms with Gasteiger partial charge in [-0.2, -0.15) is 0 Å². The molecule has 0 spiro atoms. The highest BCUT2D eigenvalue weighted by Gasteiger charge is 2.30. The van der Waals surface area contributed by atoms with Crippen LogP contribution in [0, 0.1) is 12.8 Å². The van der Waals surface area contributed by atoms with Crippen LogP contribution in [0.3, 0.4) is 0 Å². The van der Waals surface area contributed by atoms with Crippen molar-refractivity contribution in [2.45, 2.75) is 44.8 Å². The number of hydrogen-bond donors (Lipinski definition) is 2. The van der Waals surface area contributed by atoms with Crippen LogP contribution in [0.1, 0.15) is 42.9 Å². The minimum atomic E-state index is -0.476. The summed E-state index contributed by atoms with van der Waals surface area (Å²) >= 11 is 6.18. The quantitative estimate of drug-likeness (QED) is 0.869. The Morgan fingerprint density at radius 3 is 2.59 bits per heavy atom. The van der Waals surface area contributed by atoms with E-state index in [1.807, 2.05) is 25.1 Å². The molecule has 2 nitrogen and oxygen atoms in total. The summed E-state index contributed by atoms with van der Waals surface area (Å²) in [5.41, 5.74) is 8.14. The lowest BCUT2D eigenvalue weighted by molar-refractivity contribution is 0.0843. The van der Waals surface area contributed by atoms with Crippen LogP contribution in [0.2, 0.25) is 5.02 Å². The third-order valence-corrected chi connectivity index (χ3v) is 4.18. The standard InChI is InChI=1S/C14H20ClNO/c1-9-5-4-8-11(15)12(9)13(16)14(17)10-6-2-3-7-10/h4-5,8,10,13-14,17H,2-3,6-7,16H2,1H3/t13-,14+/m0/s1. The summed E-state index contributed by atoms with van der Waals surface area (Å²) in [6.07, 6.45) is 4.10. The number of aliphatic hydroxyl groups excluding tert-OH is 1. The number of rotatable bonds is 3. The van der Waals surface area contributed by atoms with E-state index in [4.69, 9.17) is 17.3 Å². The van der Waals surface area contributed by atoms with E-state index < -0.39 is 6.10 Å². The van der Waals surface area contributed by atoms with Crippen LogP contribution in [0.15, 0.2) is 18.2 Å². The molecule has 2 rings (SSSR count). The highest BCUT2D eigenvalue weighted by Crippen LogP contribution is 2.35. The highest BCUT2D eigenvalue weighted by molar-refractivity contribution is 6.31. The van der Waals surface area contributed by atoms with E-state index in [1.54, 1.807) is 0 Å². The molecule has 3 N–H and O–H groups in total. The van der Waals surface area contributed by atoms with Crippen molar-refractivity contribution in [2.24, 2.45) is 11.7 Å². The lowest BCUT2D eigenvalue weighted by atomic mass is 9.89. The molecule has 1 aromatic carbocycles. The van der Waals surface area contributed by atoms with Crippen molar-refractivity contribution in [3.8, 4) is 0 Å². The van der Waals surface area contributed by atoms with Crippen molar-refractivity contribution >= 4 is 11.6 Å². The zero-order valence-corrected chi connectivity index (χ0v) is 11.0. The number of nitrogens with two attached hydrogens (primary N) is 1. The summed E-state index contributed by atoms with van der Waals surface area (Å²) in [7, 11) is 0. The fourth-order valence-electron chi connectivity index (χ4n) is 2.83. The Balaban J connectivity index is 2.20. The average Bonchev–Trinajstić information content (AvgIpc) is 2.81. The van der Waals surface area contributed by atoms with Gasteiger partial charge in [0.05, 0.1) is 12.1 Å². The van der Waals surface area contributed by atoms with E-state index in [2.05, 4.69) is 0 Å². The topological polar surface area (TPSA) is 46.2 Å². The van der Waals surface area contributed by atoms with Crippen LogP contribution in [-0.2, 0) is 0 Å². The largest absolute Gasteiger partial charge is 0.391 e. The van der Waals surface area contributed by atoms with Gasteiger partial charge < -0.3 is 10.8 Å². The zero-order valence-electron chi connectivity index (χ0n) is 10.2. The van der Waals surface area contributed by atoms with Gasteiger partial charge in [0.2, 0.25) is 0 Å². The molecule has 2 atom stereocenters. The van der Waals surface area contributed by atoms with Crippen LogP contribution >= 0.6 is 11.6 Å². The third-order valence-electron chi connectivity index (χ3n) is 3.86. The molecule has 0 radical (unpaired) electrons. The van der Waals surface area contributed by atoms with Gasteiger partial charge in [-0.05, 0) is 42.9 Å². The van der Waals surface area contributed by atoms with Crippen molar-refractivity contribution < 1.29 is 5.11 Å². The fraction of sp³-hybridized carbons (Fsp3) is 0.571. The maximum Gasteiger partial charge on any atom is 0.0761 e. The van der Waals surface area contributed by atoms with E-state index in [1.165, 1.54) is 12.8 Å². The Kier molecular flexibility index (Phi) is 4.08. The van der Waals surface area contributed by atoms with Crippen LogP contribution in [0.5, 0.6) is 0 Å². The second kappa shape index (κ2) is 5.38. The van der Waals surface area contributed by atoms with Gasteiger partial charge in [-0.15, -0.1) is 0 Å². The molecular formula is C14H20ClNO. The van der Waals surface area contributed by atoms with E-state index in [9.17, 15) is 5.11 Å². The molecular weight excluding hydrogens is 234 g/mol. The number of aryl methyl sites for hydroxylation is 1. The summed E-state index contributed by atoms with van der Waals surface area (Å²) in [5.74, 6) is 0.334. The first-order valence-corrected chi connectivity index (χ1v) is 6.67. The first-order valence-electron chi connectivity index (χ1n) is 6.30. The lowest BCUT2D eigenvalue weighted by Gasteiger charge is -2.26. The number of hydrogen-bond acceptors (Lipinski definition) is 2. The Morgan fingerprint density at radius 2 is 2.00 bits per heavy atom. The summed E-state index contributed by atoms with van der Waals surface area (Å²) in [5, 5.41) is 11.0. The molecule has 1 aromatic rings. The van der Waals surface area contributed by atoms with Crippen molar-refractivity contribution in [3.63, 3.8) is 0 Å². The van der Waals surface area contributed by atoms with E-state index in [-0.39, 0.29) is 6.04 Å². The molecule has 1 aliphatic rings. The molecule has 3 heteroatoms. The monoisotopic (exact) mass is 253 g/mol. The van der Waals surface area contributed by atoms with Crippen molar-refractivity contribution in [3.05, 3.63) is 34.3 Å². The molecule has 0 aromatic heterocycles. The molecule has 17 heavy (non-hydrogen) atoms. The van der Waals surface area contributed by atoms with E-state index >= 15 is 0 Å². The molecule has 0 saturated heterocycles. The van der Waals surface area contributed by atoms with Gasteiger partial charge >= 0.3 is 0 Å². The van der Waals surface area contributed by atoms with Crippen LogP contribution in [-0.4, -0.2) is 11.2 Å². The number of aliphatic hydroxyl groups is 1. The molecule has 94 valence electrons. The normalized spacial score (nSPS) is 20.5. The van der Waals surface area contributed by atoms with Gasteiger partial charge in [0.15, 0.2) is 0 Å². The predicted octanol–water partition coefficient (Wildman–Crippen LogP) is 3.20. The summed E-state index contributed by atoms with van der Waals surface area (Å²) in [6, 6.07) is 5.37. The highest BCUT2D eigenvalue weighted by atomic mass is 35.5. The van der Waals surface area contributed by atoms with Gasteiger partial charge in [0.25, 0.3) is 0 Å². The fourth-order valence-corrected chi connectivity index (χ4v) is 3.18. The second-order valence-corrected chi connectivity index (χ2v) is 5.44. The van der Waals surface area contributed by atoms with E-state index in [0.29, 0.717) is 10.9 Å². The van der Waals surface area contributed by atoms with Crippen LogP contribution < -0.4 is 5.73 Å². The molecule has 0 amide bonds. The minimum Gasteiger partial charge on any atom is -0.391 e. The summed E-state index contributed by atoms with van der Waals surface area (Å²) < 4.78 is 0. The van der Waals surface area contributed by atoms with Crippen LogP contribution in [0.25, 0.3) is 0 Å². The van der Waals surface area contributed by atoms with Crippen molar-refractivity contribution in [1.82, 2.24) is 0 Å². The molecule has 1 saturated carbocycles. The van der Waals surface area contributed by atoms with Crippen molar-refractivity contribution in [1.29, 1.82) is 0 Å². The molecule has 0 heterocycles. The van der Waals surface area contributed by atoms with Gasteiger partial charge in [-0.1, -0.05) is 36.6 Å². The number of halogens is 1. The average molecular weight is 254 g/mol. The molecule has 1 fully saturated rings. The Bertz CT molecular complexity index is 368. The zero-order chi connectivity index (χ0) is 12.4. The summed E-state index contributed by atoms with van der Waals surface area (Å²) in [6.45, 7) is 1.99. The molecule has 0 unspecified atom stereocenters. The first kappa shape index (κ1) is 12.9. The molecule has 0 bridgehead atoms. The van der Waals surface area contributed by atoms with Crippen LogP contribution in [0.4, 0.5) is 0 Å². The minimum absolute atomic E-state index is 0.334. The number of benzene rings is 1. The van der Waals surface area contributed by atoms with Gasteiger partial charge in [-0.25, -0.2) is 0 Å². The maximum absolute atomic E-state index is 10.3. The Labute approximate surface area is 108 Å². The SMILES string of the molecule is Cc1cccc(Cl)c1[C@H](N)[C@H](O)C1CCCC1. The Hall–Kier alpha value is -0.570. The van der Waals surface area contributed by atoms with E-state index in [0.717, 1.165) is 24.0 Å². The predicted molar refractivity (Wildman–Crippen MR) is 71.1 cm³/mol. The van der Waals surface area contributed by atoms with Gasteiger partial charge in [0, 0.05) is 5.02 Å².